The Morgan fingerprint density at radius 1 is 1.41 bits per heavy atom. The van der Waals surface area contributed by atoms with Crippen molar-refractivity contribution in [2.24, 2.45) is 0 Å². The highest BCUT2D eigenvalue weighted by Crippen LogP contribution is 2.22. The Morgan fingerprint density at radius 3 is 2.88 bits per heavy atom. The summed E-state index contributed by atoms with van der Waals surface area (Å²) in [4.78, 5) is 26.3. The zero-order valence-electron chi connectivity index (χ0n) is 8.70. The first-order valence-electron chi connectivity index (χ1n) is 4.86. The molecule has 2 aromatic heterocycles. The fraction of sp³-hybridized carbons (Fsp3) is 0.0909. The third-order valence-electron chi connectivity index (χ3n) is 2.11. The van der Waals surface area contributed by atoms with Gasteiger partial charge in [-0.3, -0.25) is 9.59 Å². The molecule has 0 unspecified atom stereocenters. The quantitative estimate of drug-likeness (QED) is 0.912. The van der Waals surface area contributed by atoms with Crippen LogP contribution in [0.25, 0.3) is 0 Å². The van der Waals surface area contributed by atoms with Gasteiger partial charge in [0.05, 0.1) is 6.54 Å². The summed E-state index contributed by atoms with van der Waals surface area (Å²) in [6, 6.07) is 6.41. The summed E-state index contributed by atoms with van der Waals surface area (Å²) in [6.45, 7) is 0.439. The lowest BCUT2D eigenvalue weighted by Crippen LogP contribution is -2.25. The Hall–Kier alpha value is -1.40. The van der Waals surface area contributed by atoms with Gasteiger partial charge in [-0.15, -0.1) is 11.3 Å². The number of amides is 1. The van der Waals surface area contributed by atoms with Crippen molar-refractivity contribution >= 4 is 33.2 Å². The zero-order chi connectivity index (χ0) is 12.3. The topological polar surface area (TPSA) is 62.0 Å². The van der Waals surface area contributed by atoms with Crippen LogP contribution in [0.4, 0.5) is 0 Å². The van der Waals surface area contributed by atoms with Gasteiger partial charge in [-0.25, -0.2) is 0 Å². The van der Waals surface area contributed by atoms with Crippen molar-refractivity contribution in [1.29, 1.82) is 0 Å². The summed E-state index contributed by atoms with van der Waals surface area (Å²) in [7, 11) is 0. The molecule has 17 heavy (non-hydrogen) atoms. The minimum absolute atomic E-state index is 0.269. The van der Waals surface area contributed by atoms with Crippen LogP contribution in [-0.2, 0) is 6.54 Å². The second-order valence-electron chi connectivity index (χ2n) is 3.30. The summed E-state index contributed by atoms with van der Waals surface area (Å²) in [6.07, 6.45) is 0. The highest BCUT2D eigenvalue weighted by atomic mass is 79.9. The predicted octanol–water partition coefficient (Wildman–Crippen LogP) is 2.13. The molecule has 6 heteroatoms. The third kappa shape index (κ3) is 3.04. The first kappa shape index (κ1) is 12.1. The number of carbonyl (C=O) groups is 1. The number of H-pyrrole nitrogens is 1. The SMILES string of the molecule is O=C(NCc1sccc1Br)c1cccc(=O)[nH]1. The normalized spacial score (nSPS) is 10.2. The van der Waals surface area contributed by atoms with Crippen molar-refractivity contribution < 1.29 is 4.79 Å². The number of carbonyl (C=O) groups excluding carboxylic acids is 1. The van der Waals surface area contributed by atoms with Crippen molar-refractivity contribution in [3.63, 3.8) is 0 Å². The van der Waals surface area contributed by atoms with Gasteiger partial charge in [0.25, 0.3) is 5.91 Å². The summed E-state index contributed by atoms with van der Waals surface area (Å²) in [5.74, 6) is -0.289. The molecule has 0 radical (unpaired) electrons. The molecule has 0 fully saturated rings. The maximum atomic E-state index is 11.7. The Balaban J connectivity index is 2.03. The molecule has 0 aliphatic carbocycles. The lowest BCUT2D eigenvalue weighted by molar-refractivity contribution is 0.0946. The van der Waals surface area contributed by atoms with Gasteiger partial charge >= 0.3 is 0 Å². The molecular weight excluding hydrogens is 304 g/mol. The van der Waals surface area contributed by atoms with Crippen LogP contribution in [0.15, 0.2) is 38.9 Å². The maximum absolute atomic E-state index is 11.7. The number of aromatic nitrogens is 1. The third-order valence-corrected chi connectivity index (χ3v) is 4.04. The second-order valence-corrected chi connectivity index (χ2v) is 5.16. The number of aromatic amines is 1. The van der Waals surface area contributed by atoms with Gasteiger partial charge in [-0.05, 0) is 33.4 Å². The van der Waals surface area contributed by atoms with Crippen molar-refractivity contribution in [2.45, 2.75) is 6.54 Å². The lowest BCUT2D eigenvalue weighted by atomic mass is 10.3. The predicted molar refractivity (Wildman–Crippen MR) is 70.3 cm³/mol. The number of pyridine rings is 1. The van der Waals surface area contributed by atoms with Crippen molar-refractivity contribution in [1.82, 2.24) is 10.3 Å². The van der Waals surface area contributed by atoms with E-state index in [4.69, 9.17) is 0 Å². The molecule has 0 aliphatic heterocycles. The number of rotatable bonds is 3. The van der Waals surface area contributed by atoms with E-state index in [1.165, 1.54) is 6.07 Å². The average Bonchev–Trinajstić information content (AvgIpc) is 2.72. The van der Waals surface area contributed by atoms with E-state index in [2.05, 4.69) is 26.2 Å². The van der Waals surface area contributed by atoms with E-state index >= 15 is 0 Å². The molecule has 88 valence electrons. The Kier molecular flexibility index (Phi) is 3.75. The van der Waals surface area contributed by atoms with E-state index in [0.717, 1.165) is 9.35 Å². The molecule has 2 N–H and O–H groups in total. The second kappa shape index (κ2) is 5.29. The summed E-state index contributed by atoms with van der Waals surface area (Å²) >= 11 is 4.94. The zero-order valence-corrected chi connectivity index (χ0v) is 11.1. The van der Waals surface area contributed by atoms with Gasteiger partial charge in [0, 0.05) is 15.4 Å². The minimum Gasteiger partial charge on any atom is -0.346 e. The number of hydrogen-bond donors (Lipinski definition) is 2. The van der Waals surface area contributed by atoms with Crippen LogP contribution in [0.5, 0.6) is 0 Å². The van der Waals surface area contributed by atoms with Gasteiger partial charge < -0.3 is 10.3 Å². The fourth-order valence-electron chi connectivity index (χ4n) is 1.29. The molecule has 0 saturated heterocycles. The largest absolute Gasteiger partial charge is 0.346 e. The highest BCUT2D eigenvalue weighted by molar-refractivity contribution is 9.10. The molecule has 0 bridgehead atoms. The van der Waals surface area contributed by atoms with Gasteiger partial charge in [0.15, 0.2) is 0 Å². The smallest absolute Gasteiger partial charge is 0.268 e. The first-order chi connectivity index (χ1) is 8.16. The van der Waals surface area contributed by atoms with Gasteiger partial charge in [-0.2, -0.15) is 0 Å². The summed E-state index contributed by atoms with van der Waals surface area (Å²) < 4.78 is 0.976. The van der Waals surface area contributed by atoms with E-state index in [0.29, 0.717) is 6.54 Å². The van der Waals surface area contributed by atoms with Gasteiger partial charge in [0.1, 0.15) is 5.69 Å². The van der Waals surface area contributed by atoms with E-state index < -0.39 is 0 Å². The molecule has 2 heterocycles. The molecule has 2 rings (SSSR count). The van der Waals surface area contributed by atoms with Crippen molar-refractivity contribution in [2.75, 3.05) is 0 Å². The number of thiophene rings is 1. The Morgan fingerprint density at radius 2 is 2.24 bits per heavy atom. The van der Waals surface area contributed by atoms with Crippen LogP contribution < -0.4 is 10.9 Å². The molecule has 0 spiro atoms. The Bertz CT molecular complexity index is 591. The van der Waals surface area contributed by atoms with Crippen LogP contribution in [0, 0.1) is 0 Å². The molecule has 1 amide bonds. The summed E-state index contributed by atoms with van der Waals surface area (Å²) in [5.41, 5.74) is -0.0138. The fourth-order valence-corrected chi connectivity index (χ4v) is 2.72. The molecule has 0 aliphatic rings. The van der Waals surface area contributed by atoms with Crippen molar-refractivity contribution in [3.05, 3.63) is 55.0 Å². The molecule has 4 nitrogen and oxygen atoms in total. The van der Waals surface area contributed by atoms with Crippen LogP contribution in [0.3, 0.4) is 0 Å². The standard InChI is InChI=1S/C11H9BrN2O2S/c12-7-4-5-17-9(7)6-13-11(16)8-2-1-3-10(15)14-8/h1-5H,6H2,(H,13,16)(H,14,15). The van der Waals surface area contributed by atoms with Gasteiger partial charge in [-0.1, -0.05) is 6.07 Å². The molecule has 2 aromatic rings. The average molecular weight is 313 g/mol. The lowest BCUT2D eigenvalue weighted by Gasteiger charge is -2.03. The van der Waals surface area contributed by atoms with E-state index in [-0.39, 0.29) is 17.2 Å². The van der Waals surface area contributed by atoms with E-state index in [1.807, 2.05) is 11.4 Å². The molecule has 0 aromatic carbocycles. The molecule has 0 saturated carbocycles. The van der Waals surface area contributed by atoms with Crippen LogP contribution in [0.2, 0.25) is 0 Å². The molecule has 0 atom stereocenters. The van der Waals surface area contributed by atoms with E-state index in [9.17, 15) is 9.59 Å². The van der Waals surface area contributed by atoms with Crippen LogP contribution >= 0.6 is 27.3 Å². The minimum atomic E-state index is -0.289. The summed E-state index contributed by atoms with van der Waals surface area (Å²) in [5, 5.41) is 4.68. The number of halogens is 1. The van der Waals surface area contributed by atoms with Crippen LogP contribution in [-0.4, -0.2) is 10.9 Å². The van der Waals surface area contributed by atoms with Crippen molar-refractivity contribution in [3.8, 4) is 0 Å². The van der Waals surface area contributed by atoms with Crippen LogP contribution in [0.1, 0.15) is 15.4 Å². The highest BCUT2D eigenvalue weighted by Gasteiger charge is 2.07. The number of nitrogens with one attached hydrogen (secondary N) is 2. The molecular formula is C11H9BrN2O2S. The van der Waals surface area contributed by atoms with E-state index in [1.54, 1.807) is 23.5 Å². The Labute approximate surface area is 110 Å². The monoisotopic (exact) mass is 312 g/mol. The van der Waals surface area contributed by atoms with Gasteiger partial charge in [0.2, 0.25) is 5.56 Å². The number of hydrogen-bond acceptors (Lipinski definition) is 3. The first-order valence-corrected chi connectivity index (χ1v) is 6.53. The maximum Gasteiger partial charge on any atom is 0.268 e.